The lowest BCUT2D eigenvalue weighted by molar-refractivity contribution is -0.141. The van der Waals surface area contributed by atoms with E-state index in [4.69, 9.17) is 4.42 Å². The fraction of sp³-hybridized carbons (Fsp3) is 0.400. The van der Waals surface area contributed by atoms with Gasteiger partial charge in [-0.2, -0.15) is 0 Å². The summed E-state index contributed by atoms with van der Waals surface area (Å²) in [6.45, 7) is 2.36. The van der Waals surface area contributed by atoms with Crippen LogP contribution >= 0.6 is 0 Å². The Balaban J connectivity index is 2.17. The molecule has 0 bridgehead atoms. The molecule has 1 amide bonds. The summed E-state index contributed by atoms with van der Waals surface area (Å²) in [5.41, 5.74) is 0. The van der Waals surface area contributed by atoms with Gasteiger partial charge < -0.3 is 9.32 Å². The average molecular weight is 193 g/mol. The predicted octanol–water partition coefficient (Wildman–Crippen LogP) is 1.14. The number of ketones is 1. The zero-order valence-corrected chi connectivity index (χ0v) is 7.90. The van der Waals surface area contributed by atoms with Gasteiger partial charge in [-0.05, 0) is 19.1 Å². The highest BCUT2D eigenvalue weighted by Crippen LogP contribution is 2.24. The third kappa shape index (κ3) is 1.32. The molecule has 1 fully saturated rings. The van der Waals surface area contributed by atoms with Crippen LogP contribution in [-0.2, 0) is 9.59 Å². The lowest BCUT2D eigenvalue weighted by Gasteiger charge is -2.20. The third-order valence-electron chi connectivity index (χ3n) is 2.50. The largest absolute Gasteiger partial charge is 0.467 e. The first-order chi connectivity index (χ1) is 6.70. The second-order valence-corrected chi connectivity index (χ2v) is 3.36. The van der Waals surface area contributed by atoms with E-state index in [0.29, 0.717) is 18.7 Å². The van der Waals surface area contributed by atoms with E-state index < -0.39 is 5.91 Å². The minimum Gasteiger partial charge on any atom is -0.467 e. The summed E-state index contributed by atoms with van der Waals surface area (Å²) in [5.74, 6) is 0.0188. The van der Waals surface area contributed by atoms with Crippen molar-refractivity contribution in [2.24, 2.45) is 0 Å². The zero-order valence-electron chi connectivity index (χ0n) is 7.90. The van der Waals surface area contributed by atoms with Crippen molar-refractivity contribution in [1.29, 1.82) is 0 Å². The molecule has 1 aliphatic rings. The Hall–Kier alpha value is -1.58. The number of nitrogens with zero attached hydrogens (tertiary/aromatic N) is 1. The Bertz CT molecular complexity index is 355. The Morgan fingerprint density at radius 2 is 2.29 bits per heavy atom. The van der Waals surface area contributed by atoms with E-state index in [-0.39, 0.29) is 11.8 Å². The van der Waals surface area contributed by atoms with Crippen molar-refractivity contribution in [2.45, 2.75) is 19.4 Å². The van der Waals surface area contributed by atoms with Crippen LogP contribution in [0.3, 0.4) is 0 Å². The molecule has 0 radical (unpaired) electrons. The number of rotatable bonds is 2. The average Bonchev–Trinajstić information content (AvgIpc) is 2.77. The van der Waals surface area contributed by atoms with Gasteiger partial charge in [0, 0.05) is 13.0 Å². The lowest BCUT2D eigenvalue weighted by atomic mass is 10.2. The van der Waals surface area contributed by atoms with Crippen molar-refractivity contribution >= 4 is 11.7 Å². The first-order valence-electron chi connectivity index (χ1n) is 4.57. The molecule has 1 aromatic heterocycles. The van der Waals surface area contributed by atoms with Gasteiger partial charge in [-0.15, -0.1) is 0 Å². The fourth-order valence-electron chi connectivity index (χ4n) is 1.64. The highest BCUT2D eigenvalue weighted by atomic mass is 16.3. The smallest absolute Gasteiger partial charge is 0.290 e. The van der Waals surface area contributed by atoms with Crippen molar-refractivity contribution in [3.63, 3.8) is 0 Å². The van der Waals surface area contributed by atoms with Gasteiger partial charge in [0.15, 0.2) is 0 Å². The summed E-state index contributed by atoms with van der Waals surface area (Å²) in [4.78, 5) is 24.0. The fourth-order valence-corrected chi connectivity index (χ4v) is 1.64. The normalized spacial score (nSPS) is 19.1. The van der Waals surface area contributed by atoms with Crippen molar-refractivity contribution < 1.29 is 14.0 Å². The van der Waals surface area contributed by atoms with Crippen LogP contribution in [0.25, 0.3) is 0 Å². The Kier molecular flexibility index (Phi) is 2.11. The van der Waals surface area contributed by atoms with Gasteiger partial charge >= 0.3 is 0 Å². The number of likely N-dealkylation sites (tertiary alicyclic amines) is 1. The first-order valence-corrected chi connectivity index (χ1v) is 4.57. The third-order valence-corrected chi connectivity index (χ3v) is 2.50. The van der Waals surface area contributed by atoms with Crippen molar-refractivity contribution in [2.75, 3.05) is 6.54 Å². The molecule has 4 heteroatoms. The summed E-state index contributed by atoms with van der Waals surface area (Å²) in [5, 5.41) is 0. The molecular formula is C10H11NO3. The molecule has 1 saturated heterocycles. The van der Waals surface area contributed by atoms with E-state index in [1.165, 1.54) is 0 Å². The monoisotopic (exact) mass is 193 g/mol. The molecule has 2 rings (SSSR count). The number of furan rings is 1. The zero-order chi connectivity index (χ0) is 10.1. The van der Waals surface area contributed by atoms with Gasteiger partial charge in [0.05, 0.1) is 12.3 Å². The standard InChI is InChI=1S/C10H11NO3/c1-7(9-3-2-6-14-9)11-5-4-8(12)10(11)13/h2-3,6-7H,4-5H2,1H3. The summed E-state index contributed by atoms with van der Waals surface area (Å²) in [7, 11) is 0. The topological polar surface area (TPSA) is 50.5 Å². The summed E-state index contributed by atoms with van der Waals surface area (Å²) >= 11 is 0. The lowest BCUT2D eigenvalue weighted by Crippen LogP contribution is -2.30. The maximum Gasteiger partial charge on any atom is 0.290 e. The Morgan fingerprint density at radius 3 is 2.79 bits per heavy atom. The molecule has 4 nitrogen and oxygen atoms in total. The Labute approximate surface area is 81.5 Å². The second-order valence-electron chi connectivity index (χ2n) is 3.36. The quantitative estimate of drug-likeness (QED) is 0.662. The van der Waals surface area contributed by atoms with Crippen LogP contribution in [0.15, 0.2) is 22.8 Å². The maximum absolute atomic E-state index is 11.4. The molecule has 14 heavy (non-hydrogen) atoms. The maximum atomic E-state index is 11.4. The van der Waals surface area contributed by atoms with E-state index in [9.17, 15) is 9.59 Å². The Morgan fingerprint density at radius 1 is 1.50 bits per heavy atom. The SMILES string of the molecule is CC(c1ccco1)N1CCC(=O)C1=O. The van der Waals surface area contributed by atoms with E-state index in [2.05, 4.69) is 0 Å². The van der Waals surface area contributed by atoms with Crippen LogP contribution in [0.4, 0.5) is 0 Å². The number of carbonyl (C=O) groups is 2. The molecule has 2 heterocycles. The number of carbonyl (C=O) groups excluding carboxylic acids is 2. The highest BCUT2D eigenvalue weighted by Gasteiger charge is 2.33. The summed E-state index contributed by atoms with van der Waals surface area (Å²) in [6, 6.07) is 3.43. The number of hydrogen-bond donors (Lipinski definition) is 0. The first kappa shape index (κ1) is 8.99. The minimum atomic E-state index is -0.395. The van der Waals surface area contributed by atoms with Crippen molar-refractivity contribution in [3.05, 3.63) is 24.2 Å². The molecular weight excluding hydrogens is 182 g/mol. The molecule has 74 valence electrons. The van der Waals surface area contributed by atoms with E-state index in [1.807, 2.05) is 6.92 Å². The molecule has 0 aliphatic carbocycles. The molecule has 1 aromatic rings. The molecule has 0 spiro atoms. The van der Waals surface area contributed by atoms with E-state index >= 15 is 0 Å². The van der Waals surface area contributed by atoms with Crippen molar-refractivity contribution in [1.82, 2.24) is 4.90 Å². The molecule has 0 aromatic carbocycles. The number of Topliss-reactive ketones (excluding diaryl/α,β-unsaturated/α-hetero) is 1. The summed E-state index contributed by atoms with van der Waals surface area (Å²) < 4.78 is 5.19. The van der Waals surface area contributed by atoms with Gasteiger partial charge in [-0.1, -0.05) is 0 Å². The van der Waals surface area contributed by atoms with Crippen LogP contribution in [-0.4, -0.2) is 23.1 Å². The predicted molar refractivity (Wildman–Crippen MR) is 48.5 cm³/mol. The van der Waals surface area contributed by atoms with Crippen LogP contribution < -0.4 is 0 Å². The molecule has 1 atom stereocenters. The number of amides is 1. The van der Waals surface area contributed by atoms with Gasteiger partial charge in [0.25, 0.3) is 5.91 Å². The van der Waals surface area contributed by atoms with Crippen LogP contribution in [0.2, 0.25) is 0 Å². The van der Waals surface area contributed by atoms with Gasteiger partial charge in [-0.3, -0.25) is 9.59 Å². The van der Waals surface area contributed by atoms with Crippen molar-refractivity contribution in [3.8, 4) is 0 Å². The molecule has 1 unspecified atom stereocenters. The molecule has 0 saturated carbocycles. The summed E-state index contributed by atoms with van der Waals surface area (Å²) in [6.07, 6.45) is 1.89. The highest BCUT2D eigenvalue weighted by molar-refractivity contribution is 6.37. The second kappa shape index (κ2) is 3.29. The molecule has 0 N–H and O–H groups in total. The van der Waals surface area contributed by atoms with E-state index in [1.54, 1.807) is 23.3 Å². The van der Waals surface area contributed by atoms with Crippen LogP contribution in [0, 0.1) is 0 Å². The van der Waals surface area contributed by atoms with Gasteiger partial charge in [-0.25, -0.2) is 0 Å². The van der Waals surface area contributed by atoms with Crippen LogP contribution in [0.5, 0.6) is 0 Å². The van der Waals surface area contributed by atoms with Gasteiger partial charge in [0.2, 0.25) is 5.78 Å². The molecule has 1 aliphatic heterocycles. The van der Waals surface area contributed by atoms with Crippen LogP contribution in [0.1, 0.15) is 25.1 Å². The van der Waals surface area contributed by atoms with Gasteiger partial charge in [0.1, 0.15) is 5.76 Å². The van der Waals surface area contributed by atoms with E-state index in [0.717, 1.165) is 0 Å². The minimum absolute atomic E-state index is 0.149. The number of hydrogen-bond acceptors (Lipinski definition) is 3.